The van der Waals surface area contributed by atoms with Crippen LogP contribution >= 0.6 is 0 Å². The topological polar surface area (TPSA) is 68.9 Å². The number of nitrogens with one attached hydrogen (secondary N) is 1. The van der Waals surface area contributed by atoms with E-state index < -0.39 is 0 Å². The first-order valence-electron chi connectivity index (χ1n) is 7.83. The second-order valence-electron chi connectivity index (χ2n) is 6.23. The fourth-order valence-corrected chi connectivity index (χ4v) is 3.43. The van der Waals surface area contributed by atoms with Crippen LogP contribution in [0.25, 0.3) is 10.9 Å². The first-order chi connectivity index (χ1) is 10.5. The van der Waals surface area contributed by atoms with Gasteiger partial charge in [-0.2, -0.15) is 5.10 Å². The van der Waals surface area contributed by atoms with Crippen molar-refractivity contribution < 1.29 is 4.79 Å². The van der Waals surface area contributed by atoms with E-state index >= 15 is 0 Å². The Bertz CT molecular complexity index is 782. The molecule has 1 N–H and O–H groups in total. The smallest absolute Gasteiger partial charge is 0.272 e. The Balaban J connectivity index is 2.03. The Labute approximate surface area is 129 Å². The van der Waals surface area contributed by atoms with Gasteiger partial charge in [-0.05, 0) is 25.3 Å². The van der Waals surface area contributed by atoms with E-state index in [0.717, 1.165) is 36.8 Å². The normalized spacial score (nSPS) is 16.1. The monoisotopic (exact) mass is 302 g/mol. The molecule has 1 aliphatic carbocycles. The van der Waals surface area contributed by atoms with Crippen LogP contribution in [0.2, 0.25) is 0 Å². The Morgan fingerprint density at radius 3 is 2.64 bits per heavy atom. The van der Waals surface area contributed by atoms with Crippen molar-refractivity contribution in [3.63, 3.8) is 0 Å². The standard InChI is InChI=1S/C16H22N4O2/c1-10-9-19(2)16(22)12-13(18-20(3)14(10)12)15(21)17-11-7-5-4-6-8-11/h9,11H,4-8H2,1-3H3,(H,17,21). The predicted octanol–water partition coefficient (Wildman–Crippen LogP) is 1.64. The van der Waals surface area contributed by atoms with Crippen LogP contribution in [0.3, 0.4) is 0 Å². The lowest BCUT2D eigenvalue weighted by Gasteiger charge is -2.22. The molecule has 1 amide bonds. The molecule has 0 atom stereocenters. The molecular formula is C16H22N4O2. The molecule has 3 rings (SSSR count). The van der Waals surface area contributed by atoms with E-state index in [1.54, 1.807) is 25.0 Å². The highest BCUT2D eigenvalue weighted by Gasteiger charge is 2.23. The van der Waals surface area contributed by atoms with Crippen LogP contribution in [0, 0.1) is 6.92 Å². The number of carbonyl (C=O) groups is 1. The van der Waals surface area contributed by atoms with Gasteiger partial charge in [-0.15, -0.1) is 0 Å². The first-order valence-corrected chi connectivity index (χ1v) is 7.83. The summed E-state index contributed by atoms with van der Waals surface area (Å²) >= 11 is 0. The summed E-state index contributed by atoms with van der Waals surface area (Å²) in [7, 11) is 3.47. The summed E-state index contributed by atoms with van der Waals surface area (Å²) < 4.78 is 3.14. The lowest BCUT2D eigenvalue weighted by atomic mass is 9.95. The highest BCUT2D eigenvalue weighted by Crippen LogP contribution is 2.20. The third-order valence-corrected chi connectivity index (χ3v) is 4.50. The van der Waals surface area contributed by atoms with Gasteiger partial charge in [-0.25, -0.2) is 0 Å². The van der Waals surface area contributed by atoms with E-state index in [1.165, 1.54) is 11.0 Å². The Kier molecular flexibility index (Phi) is 3.76. The fraction of sp³-hybridized carbons (Fsp3) is 0.562. The number of aryl methyl sites for hydroxylation is 3. The van der Waals surface area contributed by atoms with Gasteiger partial charge in [0.15, 0.2) is 5.69 Å². The lowest BCUT2D eigenvalue weighted by molar-refractivity contribution is 0.0923. The Morgan fingerprint density at radius 2 is 1.95 bits per heavy atom. The molecule has 0 aromatic carbocycles. The van der Waals surface area contributed by atoms with Crippen molar-refractivity contribution in [1.82, 2.24) is 19.7 Å². The average Bonchev–Trinajstić information content (AvgIpc) is 2.84. The molecule has 0 spiro atoms. The maximum atomic E-state index is 12.6. The van der Waals surface area contributed by atoms with Gasteiger partial charge in [0.1, 0.15) is 0 Å². The SMILES string of the molecule is Cc1cn(C)c(=O)c2c(C(=O)NC3CCCCC3)nn(C)c12. The third kappa shape index (κ3) is 2.42. The molecule has 0 saturated heterocycles. The van der Waals surface area contributed by atoms with Crippen LogP contribution in [-0.4, -0.2) is 26.3 Å². The van der Waals surface area contributed by atoms with E-state index in [1.807, 2.05) is 6.92 Å². The average molecular weight is 302 g/mol. The number of aromatic nitrogens is 3. The van der Waals surface area contributed by atoms with E-state index in [9.17, 15) is 9.59 Å². The molecule has 0 bridgehead atoms. The zero-order chi connectivity index (χ0) is 15.9. The maximum absolute atomic E-state index is 12.6. The largest absolute Gasteiger partial charge is 0.348 e. The molecule has 2 heterocycles. The minimum atomic E-state index is -0.236. The number of nitrogens with zero attached hydrogens (tertiary/aromatic N) is 3. The molecule has 2 aromatic heterocycles. The number of amides is 1. The molecule has 1 saturated carbocycles. The van der Waals surface area contributed by atoms with Crippen LogP contribution in [0.15, 0.2) is 11.0 Å². The van der Waals surface area contributed by atoms with Crippen molar-refractivity contribution in [2.24, 2.45) is 14.1 Å². The first kappa shape index (κ1) is 14.8. The summed E-state index contributed by atoms with van der Waals surface area (Å²) in [6, 6.07) is 0.201. The Morgan fingerprint density at radius 1 is 1.27 bits per heavy atom. The van der Waals surface area contributed by atoms with Crippen LogP contribution in [0.5, 0.6) is 0 Å². The number of hydrogen-bond donors (Lipinski definition) is 1. The molecular weight excluding hydrogens is 280 g/mol. The fourth-order valence-electron chi connectivity index (χ4n) is 3.43. The van der Waals surface area contributed by atoms with Crippen molar-refractivity contribution in [3.05, 3.63) is 27.8 Å². The number of pyridine rings is 1. The highest BCUT2D eigenvalue weighted by atomic mass is 16.2. The summed E-state index contributed by atoms with van der Waals surface area (Å²) in [4.78, 5) is 25.0. The zero-order valence-corrected chi connectivity index (χ0v) is 13.3. The molecule has 118 valence electrons. The summed E-state index contributed by atoms with van der Waals surface area (Å²) in [6.07, 6.45) is 7.32. The van der Waals surface area contributed by atoms with E-state index in [0.29, 0.717) is 5.39 Å². The zero-order valence-electron chi connectivity index (χ0n) is 13.3. The van der Waals surface area contributed by atoms with Gasteiger partial charge in [0.2, 0.25) is 0 Å². The van der Waals surface area contributed by atoms with Crippen LogP contribution in [0.1, 0.15) is 48.2 Å². The van der Waals surface area contributed by atoms with Crippen LogP contribution in [0.4, 0.5) is 0 Å². The summed E-state index contributed by atoms with van der Waals surface area (Å²) in [5.41, 5.74) is 1.73. The molecule has 0 unspecified atom stereocenters. The lowest BCUT2D eigenvalue weighted by Crippen LogP contribution is -2.37. The van der Waals surface area contributed by atoms with Gasteiger partial charge in [-0.1, -0.05) is 19.3 Å². The number of carbonyl (C=O) groups excluding carboxylic acids is 1. The van der Waals surface area contributed by atoms with Gasteiger partial charge in [0, 0.05) is 26.3 Å². The minimum absolute atomic E-state index is 0.178. The van der Waals surface area contributed by atoms with E-state index in [2.05, 4.69) is 10.4 Å². The van der Waals surface area contributed by atoms with Crippen molar-refractivity contribution in [3.8, 4) is 0 Å². The Hall–Kier alpha value is -2.11. The molecule has 1 fully saturated rings. The summed E-state index contributed by atoms with van der Waals surface area (Å²) in [6.45, 7) is 1.92. The van der Waals surface area contributed by atoms with Gasteiger partial charge in [-0.3, -0.25) is 14.3 Å². The number of hydrogen-bond acceptors (Lipinski definition) is 3. The molecule has 22 heavy (non-hydrogen) atoms. The molecule has 6 nitrogen and oxygen atoms in total. The van der Waals surface area contributed by atoms with Crippen molar-refractivity contribution in [2.45, 2.75) is 45.1 Å². The second-order valence-corrected chi connectivity index (χ2v) is 6.23. The van der Waals surface area contributed by atoms with Gasteiger partial charge in [0.25, 0.3) is 11.5 Å². The molecule has 6 heteroatoms. The number of rotatable bonds is 2. The van der Waals surface area contributed by atoms with Gasteiger partial charge >= 0.3 is 0 Å². The second kappa shape index (κ2) is 5.59. The van der Waals surface area contributed by atoms with Gasteiger partial charge in [0.05, 0.1) is 10.9 Å². The summed E-state index contributed by atoms with van der Waals surface area (Å²) in [5, 5.41) is 7.77. The predicted molar refractivity (Wildman–Crippen MR) is 85.0 cm³/mol. The van der Waals surface area contributed by atoms with Crippen molar-refractivity contribution >= 4 is 16.8 Å². The number of fused-ring (bicyclic) bond motifs is 1. The molecule has 0 aliphatic heterocycles. The molecule has 1 aliphatic rings. The highest BCUT2D eigenvalue weighted by molar-refractivity contribution is 6.05. The van der Waals surface area contributed by atoms with E-state index in [-0.39, 0.29) is 23.2 Å². The van der Waals surface area contributed by atoms with Crippen molar-refractivity contribution in [2.75, 3.05) is 0 Å². The molecule has 0 radical (unpaired) electrons. The third-order valence-electron chi connectivity index (χ3n) is 4.50. The van der Waals surface area contributed by atoms with E-state index in [4.69, 9.17) is 0 Å². The summed E-state index contributed by atoms with van der Waals surface area (Å²) in [5.74, 6) is -0.236. The van der Waals surface area contributed by atoms with Crippen LogP contribution in [-0.2, 0) is 14.1 Å². The molecule has 2 aromatic rings. The van der Waals surface area contributed by atoms with Crippen molar-refractivity contribution in [1.29, 1.82) is 0 Å². The quantitative estimate of drug-likeness (QED) is 0.917. The minimum Gasteiger partial charge on any atom is -0.348 e. The maximum Gasteiger partial charge on any atom is 0.272 e. The van der Waals surface area contributed by atoms with Crippen LogP contribution < -0.4 is 10.9 Å². The van der Waals surface area contributed by atoms with Gasteiger partial charge < -0.3 is 9.88 Å².